The van der Waals surface area contributed by atoms with Crippen LogP contribution in [0.2, 0.25) is 0 Å². The first-order valence-electron chi connectivity index (χ1n) is 4.82. The van der Waals surface area contributed by atoms with Crippen LogP contribution in [0.1, 0.15) is 5.56 Å². The van der Waals surface area contributed by atoms with Crippen molar-refractivity contribution >= 4 is 18.5 Å². The van der Waals surface area contributed by atoms with Gasteiger partial charge in [-0.1, -0.05) is 5.92 Å². The molecule has 0 saturated carbocycles. The Bertz CT molecular complexity index is 582. The Morgan fingerprint density at radius 1 is 1.42 bits per heavy atom. The molecule has 1 rings (SSSR count). The molecular formula is C11H8F2NO3PS. The molecule has 1 aromatic carbocycles. The molecule has 0 aromatic heterocycles. The van der Waals surface area contributed by atoms with Crippen molar-refractivity contribution in [2.45, 2.75) is 0 Å². The lowest BCUT2D eigenvalue weighted by atomic mass is 10.2. The minimum atomic E-state index is -3.43. The second kappa shape index (κ2) is 7.18. The number of nitrogens with zero attached hydrogens (tertiary/aromatic N) is 1. The van der Waals surface area contributed by atoms with E-state index in [-0.39, 0.29) is 17.9 Å². The fraction of sp³-hybridized carbons (Fsp3) is 0.182. The second-order valence-electron chi connectivity index (χ2n) is 3.01. The van der Waals surface area contributed by atoms with E-state index in [0.717, 1.165) is 6.07 Å². The number of hydrogen-bond acceptors (Lipinski definition) is 5. The average molecular weight is 303 g/mol. The Morgan fingerprint density at radius 2 is 2.16 bits per heavy atom. The predicted molar refractivity (Wildman–Crippen MR) is 67.9 cm³/mol. The van der Waals surface area contributed by atoms with Crippen molar-refractivity contribution in [2.24, 2.45) is 0 Å². The number of nitriles is 1. The summed E-state index contributed by atoms with van der Waals surface area (Å²) in [6.07, 6.45) is 4.98. The standard InChI is InChI=1S/C11H8F2NO3PS/c1-2-5-15-18(19,16-8-12)17-10-4-3-9(7-14)11(13)6-10/h1,3-4,6H,5,8H2. The van der Waals surface area contributed by atoms with Crippen molar-refractivity contribution in [1.82, 2.24) is 0 Å². The molecule has 8 heteroatoms. The number of benzene rings is 1. The molecule has 0 fully saturated rings. The van der Waals surface area contributed by atoms with Crippen LogP contribution in [-0.4, -0.2) is 13.5 Å². The van der Waals surface area contributed by atoms with Crippen LogP contribution in [0.5, 0.6) is 5.75 Å². The smallest absolute Gasteiger partial charge is 0.383 e. The summed E-state index contributed by atoms with van der Waals surface area (Å²) in [5.74, 6) is 1.31. The first kappa shape index (κ1) is 15.6. The van der Waals surface area contributed by atoms with E-state index in [1.54, 1.807) is 6.07 Å². The van der Waals surface area contributed by atoms with E-state index >= 15 is 0 Å². The summed E-state index contributed by atoms with van der Waals surface area (Å²) in [5, 5.41) is 8.58. The van der Waals surface area contributed by atoms with Gasteiger partial charge in [-0.3, -0.25) is 9.05 Å². The van der Waals surface area contributed by atoms with Gasteiger partial charge in [-0.25, -0.2) is 8.78 Å². The largest absolute Gasteiger partial charge is 0.424 e. The number of halogens is 2. The van der Waals surface area contributed by atoms with Crippen LogP contribution in [0.3, 0.4) is 0 Å². The van der Waals surface area contributed by atoms with Crippen molar-refractivity contribution in [3.63, 3.8) is 0 Å². The first-order valence-corrected chi connectivity index (χ1v) is 7.38. The zero-order valence-corrected chi connectivity index (χ0v) is 11.2. The van der Waals surface area contributed by atoms with Crippen LogP contribution in [0.25, 0.3) is 0 Å². The van der Waals surface area contributed by atoms with Gasteiger partial charge >= 0.3 is 6.72 Å². The molecule has 1 atom stereocenters. The minimum absolute atomic E-state index is 0.0368. The van der Waals surface area contributed by atoms with Gasteiger partial charge in [0, 0.05) is 17.9 Å². The highest BCUT2D eigenvalue weighted by Gasteiger charge is 2.23. The van der Waals surface area contributed by atoms with E-state index in [2.05, 4.69) is 10.4 Å². The third kappa shape index (κ3) is 4.59. The topological polar surface area (TPSA) is 51.5 Å². The van der Waals surface area contributed by atoms with Gasteiger partial charge in [0.15, 0.2) is 6.86 Å². The molecule has 0 heterocycles. The van der Waals surface area contributed by atoms with Crippen LogP contribution in [0.4, 0.5) is 8.78 Å². The molecule has 19 heavy (non-hydrogen) atoms. The summed E-state index contributed by atoms with van der Waals surface area (Å²) in [5.41, 5.74) is -0.156. The van der Waals surface area contributed by atoms with Gasteiger partial charge in [0.25, 0.3) is 0 Å². The highest BCUT2D eigenvalue weighted by Crippen LogP contribution is 2.49. The molecule has 0 radical (unpaired) electrons. The SMILES string of the molecule is C#CCOP(=S)(OCF)Oc1ccc(C#N)c(F)c1. The van der Waals surface area contributed by atoms with E-state index in [9.17, 15) is 8.78 Å². The van der Waals surface area contributed by atoms with Crippen molar-refractivity contribution < 1.29 is 22.4 Å². The van der Waals surface area contributed by atoms with Crippen molar-refractivity contribution in [3.05, 3.63) is 29.6 Å². The summed E-state index contributed by atoms with van der Waals surface area (Å²) in [6.45, 7) is -4.88. The Kier molecular flexibility index (Phi) is 5.88. The highest BCUT2D eigenvalue weighted by molar-refractivity contribution is 8.07. The van der Waals surface area contributed by atoms with Crippen LogP contribution in [0, 0.1) is 29.5 Å². The van der Waals surface area contributed by atoms with E-state index in [0.29, 0.717) is 0 Å². The monoisotopic (exact) mass is 303 g/mol. The van der Waals surface area contributed by atoms with Crippen LogP contribution >= 0.6 is 6.72 Å². The molecule has 100 valence electrons. The lowest BCUT2D eigenvalue weighted by molar-refractivity contribution is 0.149. The van der Waals surface area contributed by atoms with E-state index < -0.39 is 19.4 Å². The minimum Gasteiger partial charge on any atom is -0.424 e. The van der Waals surface area contributed by atoms with Gasteiger partial charge in [0.1, 0.15) is 24.2 Å². The van der Waals surface area contributed by atoms with E-state index in [1.165, 1.54) is 12.1 Å². The molecule has 4 nitrogen and oxygen atoms in total. The van der Waals surface area contributed by atoms with Gasteiger partial charge in [0.05, 0.1) is 5.56 Å². The number of alkyl halides is 1. The Labute approximate surface area is 114 Å². The third-order valence-electron chi connectivity index (χ3n) is 1.79. The number of hydrogen-bond donors (Lipinski definition) is 0. The lowest BCUT2D eigenvalue weighted by Gasteiger charge is -2.19. The molecule has 0 bridgehead atoms. The van der Waals surface area contributed by atoms with Crippen molar-refractivity contribution in [3.8, 4) is 24.2 Å². The number of terminal acetylenes is 1. The Hall–Kier alpha value is -1.50. The zero-order valence-electron chi connectivity index (χ0n) is 9.51. The normalized spacial score (nSPS) is 13.1. The van der Waals surface area contributed by atoms with Gasteiger partial charge in [-0.2, -0.15) is 5.26 Å². The molecular weight excluding hydrogens is 295 g/mol. The van der Waals surface area contributed by atoms with Crippen LogP contribution < -0.4 is 4.52 Å². The molecule has 0 N–H and O–H groups in total. The fourth-order valence-electron chi connectivity index (χ4n) is 1.04. The van der Waals surface area contributed by atoms with Gasteiger partial charge in [0.2, 0.25) is 0 Å². The van der Waals surface area contributed by atoms with Gasteiger partial charge in [-0.15, -0.1) is 6.42 Å². The molecule has 1 unspecified atom stereocenters. The quantitative estimate of drug-likeness (QED) is 0.597. The second-order valence-corrected chi connectivity index (χ2v) is 5.94. The first-order chi connectivity index (χ1) is 9.04. The molecule has 0 amide bonds. The van der Waals surface area contributed by atoms with Crippen LogP contribution in [0.15, 0.2) is 18.2 Å². The molecule has 0 aliphatic carbocycles. The summed E-state index contributed by atoms with van der Waals surface area (Å²) in [6, 6.07) is 5.07. The lowest BCUT2D eigenvalue weighted by Crippen LogP contribution is -2.02. The van der Waals surface area contributed by atoms with Crippen molar-refractivity contribution in [2.75, 3.05) is 13.5 Å². The summed E-state index contributed by atoms with van der Waals surface area (Å²) < 4.78 is 40.2. The van der Waals surface area contributed by atoms with Crippen LogP contribution in [-0.2, 0) is 20.9 Å². The maximum atomic E-state index is 13.4. The molecule has 0 aliphatic rings. The molecule has 1 aromatic rings. The van der Waals surface area contributed by atoms with Crippen molar-refractivity contribution in [1.29, 1.82) is 5.26 Å². The maximum Gasteiger partial charge on any atom is 0.383 e. The third-order valence-corrected chi connectivity index (χ3v) is 3.94. The summed E-state index contributed by atoms with van der Waals surface area (Å²) >= 11 is 4.87. The van der Waals surface area contributed by atoms with Gasteiger partial charge < -0.3 is 4.52 Å². The zero-order chi connectivity index (χ0) is 14.3. The molecule has 0 saturated heterocycles. The number of rotatable bonds is 6. The average Bonchev–Trinajstić information content (AvgIpc) is 2.37. The maximum absolute atomic E-state index is 13.4. The molecule has 0 aliphatic heterocycles. The van der Waals surface area contributed by atoms with E-state index in [1.807, 2.05) is 0 Å². The molecule has 0 spiro atoms. The summed E-state index contributed by atoms with van der Waals surface area (Å²) in [7, 11) is 0. The van der Waals surface area contributed by atoms with E-state index in [4.69, 9.17) is 32.5 Å². The van der Waals surface area contributed by atoms with Gasteiger partial charge in [-0.05, 0) is 12.1 Å². The Morgan fingerprint density at radius 3 is 2.68 bits per heavy atom. The predicted octanol–water partition coefficient (Wildman–Crippen LogP) is 2.89. The summed E-state index contributed by atoms with van der Waals surface area (Å²) in [4.78, 5) is 0. The highest BCUT2D eigenvalue weighted by atomic mass is 32.5. The Balaban J connectivity index is 2.91. The fourth-order valence-corrected chi connectivity index (χ4v) is 2.48.